The molecule has 0 spiro atoms. The number of aliphatic hydroxyl groups excluding tert-OH is 1. The van der Waals surface area contributed by atoms with E-state index in [9.17, 15) is 9.90 Å². The number of carbonyl (C=O) groups excluding carboxylic acids is 1. The minimum Gasteiger partial charge on any atom is -0.455 e. The number of carbonyl (C=O) groups is 1. The number of rotatable bonds is 4. The van der Waals surface area contributed by atoms with Gasteiger partial charge in [0.25, 0.3) is 5.91 Å². The first kappa shape index (κ1) is 16.8. The van der Waals surface area contributed by atoms with Crippen LogP contribution in [0.15, 0.2) is 34.7 Å². The molecule has 1 amide bonds. The normalized spacial score (nSPS) is 18.9. The number of hydrogen-bond acceptors (Lipinski definition) is 3. The summed E-state index contributed by atoms with van der Waals surface area (Å²) in [6.07, 6.45) is 1.66. The van der Waals surface area contributed by atoms with Gasteiger partial charge in [-0.05, 0) is 30.7 Å². The average Bonchev–Trinajstić information content (AvgIpc) is 2.83. The SMILES string of the molecule is Cc1c(C(=O)NCCc2ccccc2)oc2c1[C@@H](O)CC(C)(C)C2. The van der Waals surface area contributed by atoms with Crippen molar-refractivity contribution in [2.75, 3.05) is 6.54 Å². The highest BCUT2D eigenvalue weighted by atomic mass is 16.4. The molecular formula is C20H25NO3. The predicted octanol–water partition coefficient (Wildman–Crippen LogP) is 3.57. The Balaban J connectivity index is 1.70. The van der Waals surface area contributed by atoms with E-state index >= 15 is 0 Å². The summed E-state index contributed by atoms with van der Waals surface area (Å²) in [6.45, 7) is 6.63. The predicted molar refractivity (Wildman–Crippen MR) is 93.0 cm³/mol. The average molecular weight is 327 g/mol. The number of fused-ring (bicyclic) bond motifs is 1. The number of aliphatic hydroxyl groups is 1. The Bertz CT molecular complexity index is 731. The van der Waals surface area contributed by atoms with E-state index in [4.69, 9.17) is 4.42 Å². The summed E-state index contributed by atoms with van der Waals surface area (Å²) in [5, 5.41) is 13.3. The largest absolute Gasteiger partial charge is 0.455 e. The van der Waals surface area contributed by atoms with Crippen LogP contribution >= 0.6 is 0 Å². The molecule has 1 aliphatic carbocycles. The second kappa shape index (κ2) is 6.44. The third kappa shape index (κ3) is 3.39. The lowest BCUT2D eigenvalue weighted by atomic mass is 9.75. The second-order valence-electron chi connectivity index (χ2n) is 7.45. The zero-order valence-corrected chi connectivity index (χ0v) is 14.6. The number of amides is 1. The van der Waals surface area contributed by atoms with E-state index in [0.29, 0.717) is 18.7 Å². The van der Waals surface area contributed by atoms with Gasteiger partial charge in [-0.1, -0.05) is 44.2 Å². The Labute approximate surface area is 142 Å². The first-order valence-corrected chi connectivity index (χ1v) is 8.50. The monoisotopic (exact) mass is 327 g/mol. The van der Waals surface area contributed by atoms with Gasteiger partial charge in [0, 0.05) is 24.1 Å². The van der Waals surface area contributed by atoms with Gasteiger partial charge in [0.05, 0.1) is 6.10 Å². The van der Waals surface area contributed by atoms with Crippen LogP contribution < -0.4 is 5.32 Å². The number of benzene rings is 1. The van der Waals surface area contributed by atoms with Crippen LogP contribution in [0.3, 0.4) is 0 Å². The van der Waals surface area contributed by atoms with Crippen molar-refractivity contribution in [2.24, 2.45) is 5.41 Å². The second-order valence-corrected chi connectivity index (χ2v) is 7.45. The molecule has 0 fully saturated rings. The molecule has 0 saturated heterocycles. The van der Waals surface area contributed by atoms with Gasteiger partial charge in [-0.25, -0.2) is 0 Å². The third-order valence-corrected chi connectivity index (χ3v) is 4.74. The van der Waals surface area contributed by atoms with Gasteiger partial charge < -0.3 is 14.8 Å². The van der Waals surface area contributed by atoms with Crippen molar-refractivity contribution in [3.05, 3.63) is 58.5 Å². The maximum Gasteiger partial charge on any atom is 0.287 e. The molecule has 3 rings (SSSR count). The summed E-state index contributed by atoms with van der Waals surface area (Å²) in [5.41, 5.74) is 2.75. The molecule has 128 valence electrons. The van der Waals surface area contributed by atoms with Crippen molar-refractivity contribution in [1.29, 1.82) is 0 Å². The van der Waals surface area contributed by atoms with Crippen LogP contribution in [0.1, 0.15) is 59.4 Å². The van der Waals surface area contributed by atoms with E-state index in [2.05, 4.69) is 19.2 Å². The summed E-state index contributed by atoms with van der Waals surface area (Å²) >= 11 is 0. The molecule has 0 aliphatic heterocycles. The number of nitrogens with one attached hydrogen (secondary N) is 1. The van der Waals surface area contributed by atoms with Crippen molar-refractivity contribution in [2.45, 2.75) is 46.1 Å². The first-order valence-electron chi connectivity index (χ1n) is 8.50. The Hall–Kier alpha value is -2.07. The van der Waals surface area contributed by atoms with Crippen molar-refractivity contribution in [3.8, 4) is 0 Å². The van der Waals surface area contributed by atoms with Crippen LogP contribution in [0.2, 0.25) is 0 Å². The van der Waals surface area contributed by atoms with Gasteiger partial charge >= 0.3 is 0 Å². The molecular weight excluding hydrogens is 302 g/mol. The van der Waals surface area contributed by atoms with Crippen molar-refractivity contribution >= 4 is 5.91 Å². The van der Waals surface area contributed by atoms with E-state index in [1.807, 2.05) is 37.3 Å². The van der Waals surface area contributed by atoms with Gasteiger partial charge in [-0.3, -0.25) is 4.79 Å². The van der Waals surface area contributed by atoms with E-state index in [0.717, 1.165) is 29.7 Å². The zero-order valence-electron chi connectivity index (χ0n) is 14.6. The third-order valence-electron chi connectivity index (χ3n) is 4.74. The van der Waals surface area contributed by atoms with E-state index in [1.54, 1.807) is 0 Å². The summed E-state index contributed by atoms with van der Waals surface area (Å²) < 4.78 is 5.84. The molecule has 0 unspecified atom stereocenters. The Kier molecular flexibility index (Phi) is 4.50. The highest BCUT2D eigenvalue weighted by Gasteiger charge is 2.37. The van der Waals surface area contributed by atoms with Crippen LogP contribution in [0, 0.1) is 12.3 Å². The summed E-state index contributed by atoms with van der Waals surface area (Å²) in [4.78, 5) is 12.5. The van der Waals surface area contributed by atoms with E-state index < -0.39 is 6.10 Å². The Morgan fingerprint density at radius 1 is 1.33 bits per heavy atom. The fourth-order valence-electron chi connectivity index (χ4n) is 3.55. The molecule has 1 aromatic heterocycles. The van der Waals surface area contributed by atoms with Crippen LogP contribution in [-0.2, 0) is 12.8 Å². The maximum absolute atomic E-state index is 12.5. The summed E-state index contributed by atoms with van der Waals surface area (Å²) in [5.74, 6) is 0.886. The fraction of sp³-hybridized carbons (Fsp3) is 0.450. The highest BCUT2D eigenvalue weighted by Crippen LogP contribution is 2.43. The molecule has 2 N–H and O–H groups in total. The first-order chi connectivity index (χ1) is 11.4. The molecule has 1 aromatic carbocycles. The molecule has 2 aromatic rings. The molecule has 0 radical (unpaired) electrons. The minimum atomic E-state index is -0.557. The van der Waals surface area contributed by atoms with Crippen LogP contribution in [0.25, 0.3) is 0 Å². The van der Waals surface area contributed by atoms with Gasteiger partial charge in [0.1, 0.15) is 5.76 Å². The van der Waals surface area contributed by atoms with Crippen LogP contribution in [0.4, 0.5) is 0 Å². The standard InChI is InChI=1S/C20H25NO3/c1-13-17-15(22)11-20(2,3)12-16(17)24-18(13)19(23)21-10-9-14-7-5-4-6-8-14/h4-8,15,22H,9-12H2,1-3H3,(H,21,23)/t15-/m0/s1. The molecule has 1 atom stereocenters. The van der Waals surface area contributed by atoms with Crippen LogP contribution in [-0.4, -0.2) is 17.6 Å². The smallest absolute Gasteiger partial charge is 0.287 e. The molecule has 24 heavy (non-hydrogen) atoms. The van der Waals surface area contributed by atoms with Crippen LogP contribution in [0.5, 0.6) is 0 Å². The quantitative estimate of drug-likeness (QED) is 0.902. The summed E-state index contributed by atoms with van der Waals surface area (Å²) in [7, 11) is 0. The van der Waals surface area contributed by atoms with Crippen molar-refractivity contribution in [3.63, 3.8) is 0 Å². The number of hydrogen-bond donors (Lipinski definition) is 2. The number of furan rings is 1. The Morgan fingerprint density at radius 3 is 2.75 bits per heavy atom. The van der Waals surface area contributed by atoms with Crippen molar-refractivity contribution < 1.29 is 14.3 Å². The van der Waals surface area contributed by atoms with Crippen molar-refractivity contribution in [1.82, 2.24) is 5.32 Å². The lowest BCUT2D eigenvalue weighted by molar-refractivity contribution is 0.0885. The molecule has 0 bridgehead atoms. The van der Waals surface area contributed by atoms with Gasteiger partial charge in [-0.2, -0.15) is 0 Å². The van der Waals surface area contributed by atoms with Gasteiger partial charge in [0.15, 0.2) is 5.76 Å². The topological polar surface area (TPSA) is 62.5 Å². The zero-order chi connectivity index (χ0) is 17.3. The lowest BCUT2D eigenvalue weighted by Gasteiger charge is -2.31. The lowest BCUT2D eigenvalue weighted by Crippen LogP contribution is -2.26. The summed E-state index contributed by atoms with van der Waals surface area (Å²) in [6, 6.07) is 10.0. The van der Waals surface area contributed by atoms with Gasteiger partial charge in [-0.15, -0.1) is 0 Å². The molecule has 4 nitrogen and oxygen atoms in total. The molecule has 1 aliphatic rings. The Morgan fingerprint density at radius 2 is 2.04 bits per heavy atom. The molecule has 4 heteroatoms. The van der Waals surface area contributed by atoms with E-state index in [1.165, 1.54) is 5.56 Å². The van der Waals surface area contributed by atoms with E-state index in [-0.39, 0.29) is 11.3 Å². The molecule has 0 saturated carbocycles. The molecule has 1 heterocycles. The fourth-order valence-corrected chi connectivity index (χ4v) is 3.55. The minimum absolute atomic E-state index is 0.0161. The highest BCUT2D eigenvalue weighted by molar-refractivity contribution is 5.93. The maximum atomic E-state index is 12.5. The van der Waals surface area contributed by atoms with Gasteiger partial charge in [0.2, 0.25) is 0 Å².